The van der Waals surface area contributed by atoms with Crippen molar-refractivity contribution in [1.29, 1.82) is 0 Å². The second kappa shape index (κ2) is 8.44. The van der Waals surface area contributed by atoms with E-state index in [9.17, 15) is 0 Å². The minimum atomic E-state index is 0. The molecule has 6 heteroatoms. The van der Waals surface area contributed by atoms with E-state index in [0.717, 1.165) is 23.1 Å². The minimum Gasteiger partial charge on any atom is -0.497 e. The molecular weight excluding hydrogens is 353 g/mol. The van der Waals surface area contributed by atoms with Crippen molar-refractivity contribution in [3.8, 4) is 5.75 Å². The van der Waals surface area contributed by atoms with Gasteiger partial charge in [0.1, 0.15) is 11.6 Å². The van der Waals surface area contributed by atoms with Crippen LogP contribution in [-0.2, 0) is 32.7 Å². The van der Waals surface area contributed by atoms with Gasteiger partial charge in [-0.3, -0.25) is 4.98 Å². The standard InChI is InChI=1S/C16H21N4O.Y/c1-10(2)15-18-12(4)19-16(20-15)17-11(3)13-6-8-14(21-5)9-7-13;/h6-9,11H,1-5H3,(H,17,18,19,20);/q-1;+3. The Labute approximate surface area is 157 Å². The molecule has 0 aliphatic heterocycles. The zero-order valence-corrected chi connectivity index (χ0v) is 16.6. The van der Waals surface area contributed by atoms with E-state index in [2.05, 4.69) is 27.2 Å². The van der Waals surface area contributed by atoms with Crippen LogP contribution in [-0.4, -0.2) is 22.1 Å². The molecule has 0 spiro atoms. The van der Waals surface area contributed by atoms with E-state index in [1.54, 1.807) is 7.11 Å². The fourth-order valence-electron chi connectivity index (χ4n) is 1.94. The largest absolute Gasteiger partial charge is 3.00 e. The Morgan fingerprint density at radius 1 is 1.09 bits per heavy atom. The fourth-order valence-corrected chi connectivity index (χ4v) is 1.94. The van der Waals surface area contributed by atoms with Gasteiger partial charge in [-0.15, -0.1) is 0 Å². The SMILES string of the molecule is COc1ccc(C(C)Nc2nc(C)nc([C-](C)C)n2)cc1.[Y+3]. The van der Waals surface area contributed by atoms with Crippen molar-refractivity contribution >= 4 is 5.95 Å². The third-order valence-electron chi connectivity index (χ3n) is 3.16. The van der Waals surface area contributed by atoms with Crippen molar-refractivity contribution in [2.24, 2.45) is 0 Å². The summed E-state index contributed by atoms with van der Waals surface area (Å²) in [6.07, 6.45) is 0. The molecule has 1 aromatic heterocycles. The van der Waals surface area contributed by atoms with E-state index in [4.69, 9.17) is 4.74 Å². The van der Waals surface area contributed by atoms with Crippen LogP contribution in [0.25, 0.3) is 0 Å². The molecule has 2 rings (SSSR count). The first-order valence-electron chi connectivity index (χ1n) is 6.93. The molecule has 1 N–H and O–H groups in total. The number of anilines is 1. The quantitative estimate of drug-likeness (QED) is 0.814. The second-order valence-corrected chi connectivity index (χ2v) is 5.17. The summed E-state index contributed by atoms with van der Waals surface area (Å²) in [5.41, 5.74) is 1.15. The maximum absolute atomic E-state index is 5.17. The zero-order valence-electron chi connectivity index (χ0n) is 13.7. The maximum Gasteiger partial charge on any atom is 3.00 e. The summed E-state index contributed by atoms with van der Waals surface area (Å²) in [7, 11) is 1.66. The van der Waals surface area contributed by atoms with Crippen molar-refractivity contribution in [3.05, 3.63) is 47.4 Å². The van der Waals surface area contributed by atoms with E-state index >= 15 is 0 Å². The normalized spacial score (nSPS) is 11.3. The summed E-state index contributed by atoms with van der Waals surface area (Å²) in [6, 6.07) is 8.05. The van der Waals surface area contributed by atoms with Crippen LogP contribution in [0.3, 0.4) is 0 Å². The van der Waals surface area contributed by atoms with Crippen LogP contribution in [0.2, 0.25) is 0 Å². The number of aryl methyl sites for hydroxylation is 1. The number of rotatable bonds is 5. The second-order valence-electron chi connectivity index (χ2n) is 5.17. The molecule has 0 fully saturated rings. The molecule has 1 unspecified atom stereocenters. The van der Waals surface area contributed by atoms with Gasteiger partial charge in [-0.2, -0.15) is 18.8 Å². The minimum absolute atomic E-state index is 0. The van der Waals surface area contributed by atoms with Crippen LogP contribution < -0.4 is 10.1 Å². The van der Waals surface area contributed by atoms with E-state index in [0.29, 0.717) is 11.8 Å². The van der Waals surface area contributed by atoms with Crippen molar-refractivity contribution < 1.29 is 37.4 Å². The molecule has 112 valence electrons. The van der Waals surface area contributed by atoms with Gasteiger partial charge < -0.3 is 16.0 Å². The Balaban J connectivity index is 0.00000242. The van der Waals surface area contributed by atoms with Gasteiger partial charge in [0.2, 0.25) is 5.95 Å². The van der Waals surface area contributed by atoms with Gasteiger partial charge in [0.25, 0.3) is 0 Å². The van der Waals surface area contributed by atoms with Gasteiger partial charge in [0.15, 0.2) is 0 Å². The van der Waals surface area contributed by atoms with Gasteiger partial charge in [0, 0.05) is 5.82 Å². The van der Waals surface area contributed by atoms with Crippen LogP contribution in [0.4, 0.5) is 5.95 Å². The summed E-state index contributed by atoms with van der Waals surface area (Å²) in [4.78, 5) is 13.1. The van der Waals surface area contributed by atoms with Gasteiger partial charge in [-0.1, -0.05) is 12.1 Å². The molecule has 1 aromatic carbocycles. The third kappa shape index (κ3) is 4.92. The number of methoxy groups -OCH3 is 1. The summed E-state index contributed by atoms with van der Waals surface area (Å²) >= 11 is 0. The Bertz CT molecular complexity index is 602. The monoisotopic (exact) mass is 374 g/mol. The summed E-state index contributed by atoms with van der Waals surface area (Å²) in [6.45, 7) is 7.93. The number of nitrogens with one attached hydrogen (secondary N) is 1. The molecule has 0 bridgehead atoms. The topological polar surface area (TPSA) is 59.9 Å². The van der Waals surface area contributed by atoms with Crippen LogP contribution in [0.5, 0.6) is 5.75 Å². The van der Waals surface area contributed by atoms with Crippen molar-refractivity contribution in [2.45, 2.75) is 33.7 Å². The first kappa shape index (κ1) is 18.9. The number of aromatic nitrogens is 3. The zero-order chi connectivity index (χ0) is 15.4. The number of hydrogen-bond acceptors (Lipinski definition) is 5. The predicted octanol–water partition coefficient (Wildman–Crippen LogP) is 3.32. The van der Waals surface area contributed by atoms with E-state index in [1.165, 1.54) is 0 Å². The molecule has 5 nitrogen and oxygen atoms in total. The van der Waals surface area contributed by atoms with Crippen molar-refractivity contribution in [1.82, 2.24) is 15.0 Å². The summed E-state index contributed by atoms with van der Waals surface area (Å²) in [5, 5.41) is 3.32. The Hall–Kier alpha value is -1.20. The molecule has 0 amide bonds. The molecule has 0 saturated carbocycles. The molecule has 1 atom stereocenters. The van der Waals surface area contributed by atoms with Gasteiger partial charge in [-0.25, -0.2) is 4.98 Å². The summed E-state index contributed by atoms with van der Waals surface area (Å²) in [5.74, 6) is 3.96. The first-order chi connectivity index (χ1) is 9.99. The summed E-state index contributed by atoms with van der Waals surface area (Å²) < 4.78 is 5.17. The van der Waals surface area contributed by atoms with Crippen molar-refractivity contribution in [3.63, 3.8) is 0 Å². The third-order valence-corrected chi connectivity index (χ3v) is 3.16. The van der Waals surface area contributed by atoms with Crippen LogP contribution >= 0.6 is 0 Å². The van der Waals surface area contributed by atoms with E-state index in [-0.39, 0.29) is 38.8 Å². The average Bonchev–Trinajstić information content (AvgIpc) is 2.46. The molecule has 0 radical (unpaired) electrons. The van der Waals surface area contributed by atoms with Crippen LogP contribution in [0.1, 0.15) is 44.0 Å². The Morgan fingerprint density at radius 3 is 2.27 bits per heavy atom. The molecular formula is C16H21N4OY+2. The maximum atomic E-state index is 5.17. The van der Waals surface area contributed by atoms with Gasteiger partial charge in [-0.05, 0) is 31.5 Å². The molecule has 1 heterocycles. The number of ether oxygens (including phenoxy) is 1. The molecule has 2 aromatic rings. The Morgan fingerprint density at radius 2 is 1.73 bits per heavy atom. The molecule has 0 aliphatic carbocycles. The first-order valence-corrected chi connectivity index (χ1v) is 6.93. The smallest absolute Gasteiger partial charge is 0.497 e. The fraction of sp³-hybridized carbons (Fsp3) is 0.375. The van der Waals surface area contributed by atoms with Crippen LogP contribution in [0.15, 0.2) is 24.3 Å². The van der Waals surface area contributed by atoms with Crippen LogP contribution in [0, 0.1) is 12.8 Å². The Kier molecular flexibility index (Phi) is 7.23. The molecule has 0 saturated heterocycles. The predicted molar refractivity (Wildman–Crippen MR) is 83.3 cm³/mol. The number of benzene rings is 1. The number of hydrogen-bond donors (Lipinski definition) is 1. The molecule has 0 aliphatic rings. The van der Waals surface area contributed by atoms with E-state index < -0.39 is 0 Å². The van der Waals surface area contributed by atoms with E-state index in [1.807, 2.05) is 45.0 Å². The van der Waals surface area contributed by atoms with Gasteiger partial charge >= 0.3 is 32.7 Å². The van der Waals surface area contributed by atoms with Gasteiger partial charge in [0.05, 0.1) is 13.2 Å². The number of nitrogens with zero attached hydrogens (tertiary/aromatic N) is 3. The average molecular weight is 374 g/mol. The van der Waals surface area contributed by atoms with Crippen molar-refractivity contribution in [2.75, 3.05) is 12.4 Å². The molecule has 22 heavy (non-hydrogen) atoms.